The first-order chi connectivity index (χ1) is 13.5. The number of nitrogens with zero attached hydrogens (tertiary/aromatic N) is 1. The van der Waals surface area contributed by atoms with Crippen LogP contribution in [-0.4, -0.2) is 32.5 Å². The van der Waals surface area contributed by atoms with Gasteiger partial charge in [0.15, 0.2) is 0 Å². The van der Waals surface area contributed by atoms with Gasteiger partial charge in [0.05, 0.1) is 30.2 Å². The van der Waals surface area contributed by atoms with Gasteiger partial charge in [-0.1, -0.05) is 11.6 Å². The van der Waals surface area contributed by atoms with Gasteiger partial charge in [0, 0.05) is 29.8 Å². The number of rotatable bonds is 8. The molecule has 0 spiro atoms. The molecule has 5 nitrogen and oxygen atoms in total. The van der Waals surface area contributed by atoms with Crippen molar-refractivity contribution in [1.82, 2.24) is 0 Å². The van der Waals surface area contributed by atoms with Crippen LogP contribution in [0, 0.1) is 18.2 Å². The number of hydrogen-bond acceptors (Lipinski definition) is 5. The summed E-state index contributed by atoms with van der Waals surface area (Å²) in [5.41, 5.74) is 8.98. The van der Waals surface area contributed by atoms with Crippen molar-refractivity contribution in [2.24, 2.45) is 16.1 Å². The zero-order valence-corrected chi connectivity index (χ0v) is 16.5. The maximum absolute atomic E-state index is 13.6. The zero-order valence-electron chi connectivity index (χ0n) is 15.7. The van der Waals surface area contributed by atoms with E-state index in [1.54, 1.807) is 18.4 Å². The van der Waals surface area contributed by atoms with Crippen LogP contribution in [0.1, 0.15) is 5.56 Å². The summed E-state index contributed by atoms with van der Waals surface area (Å²) in [7, 11) is 0. The molecule has 0 amide bonds. The van der Waals surface area contributed by atoms with Crippen LogP contribution in [0.4, 0.5) is 21.5 Å². The third kappa shape index (κ3) is 5.03. The number of halogens is 2. The van der Waals surface area contributed by atoms with Crippen molar-refractivity contribution in [1.29, 1.82) is 0 Å². The van der Waals surface area contributed by atoms with E-state index in [0.717, 1.165) is 23.5 Å². The minimum Gasteiger partial charge on any atom is -0.405 e. The zero-order chi connectivity index (χ0) is 20.0. The molecule has 0 unspecified atom stereocenters. The quantitative estimate of drug-likeness (QED) is 0.568. The fourth-order valence-corrected chi connectivity index (χ4v) is 3.08. The molecule has 0 bridgehead atoms. The van der Waals surface area contributed by atoms with Gasteiger partial charge in [0.2, 0.25) is 0 Å². The molecular weight excluding hydrogens is 379 g/mol. The highest BCUT2D eigenvalue weighted by Gasteiger charge is 2.38. The Morgan fingerprint density at radius 3 is 2.64 bits per heavy atom. The van der Waals surface area contributed by atoms with Crippen LogP contribution >= 0.6 is 11.6 Å². The van der Waals surface area contributed by atoms with Crippen LogP contribution in [0.15, 0.2) is 53.7 Å². The van der Waals surface area contributed by atoms with Crippen molar-refractivity contribution >= 4 is 34.9 Å². The number of nitrogens with one attached hydrogen (secondary N) is 2. The molecule has 0 aliphatic carbocycles. The summed E-state index contributed by atoms with van der Waals surface area (Å²) >= 11 is 5.73. The molecular formula is C21H24ClFN4O. The van der Waals surface area contributed by atoms with Crippen molar-refractivity contribution in [3.8, 4) is 0 Å². The second-order valence-corrected chi connectivity index (χ2v) is 7.41. The van der Waals surface area contributed by atoms with Crippen LogP contribution in [0.5, 0.6) is 0 Å². The van der Waals surface area contributed by atoms with E-state index in [2.05, 4.69) is 15.6 Å². The monoisotopic (exact) mass is 402 g/mol. The van der Waals surface area contributed by atoms with Crippen molar-refractivity contribution in [2.75, 3.05) is 36.9 Å². The molecule has 2 aromatic rings. The van der Waals surface area contributed by atoms with E-state index in [-0.39, 0.29) is 10.4 Å². The summed E-state index contributed by atoms with van der Waals surface area (Å²) in [6.07, 6.45) is 4.89. The van der Waals surface area contributed by atoms with Gasteiger partial charge < -0.3 is 21.1 Å². The lowest BCUT2D eigenvalue weighted by Crippen LogP contribution is -2.50. The lowest BCUT2D eigenvalue weighted by molar-refractivity contribution is -0.0975. The summed E-state index contributed by atoms with van der Waals surface area (Å²) in [4.78, 5) is 4.40. The Morgan fingerprint density at radius 1 is 1.25 bits per heavy atom. The molecule has 0 saturated carbocycles. The van der Waals surface area contributed by atoms with E-state index in [1.165, 1.54) is 18.3 Å². The molecule has 28 heavy (non-hydrogen) atoms. The minimum atomic E-state index is -0.445. The molecule has 1 aliphatic rings. The van der Waals surface area contributed by atoms with Gasteiger partial charge in [-0.25, -0.2) is 4.39 Å². The number of ether oxygens (including phenoxy) is 1. The number of allylic oxidation sites excluding steroid dienone is 1. The van der Waals surface area contributed by atoms with Gasteiger partial charge >= 0.3 is 0 Å². The average molecular weight is 403 g/mol. The Balaban J connectivity index is 1.61. The first kappa shape index (κ1) is 20.2. The lowest BCUT2D eigenvalue weighted by Gasteiger charge is -2.40. The number of nitrogens with two attached hydrogens (primary N) is 1. The standard InChI is InChI=1S/C21H24ClFN4O/c1-15-9-16(27-17-3-5-18(22)19(23)10-17)4-6-20(15)26-12-21(13-28-14-21)11-25-8-2-7-24/h2-10,26-27H,11-14,24H2,1H3/b7-2-,25-8?. The topological polar surface area (TPSA) is 71.7 Å². The Hall–Kier alpha value is -2.57. The fraction of sp³-hybridized carbons (Fsp3) is 0.286. The first-order valence-corrected chi connectivity index (χ1v) is 9.40. The van der Waals surface area contributed by atoms with Gasteiger partial charge in [-0.3, -0.25) is 4.99 Å². The van der Waals surface area contributed by atoms with Gasteiger partial charge in [0.25, 0.3) is 0 Å². The average Bonchev–Trinajstić information content (AvgIpc) is 2.64. The molecule has 1 saturated heterocycles. The highest BCUT2D eigenvalue weighted by Crippen LogP contribution is 2.30. The Bertz CT molecular complexity index is 881. The molecule has 1 heterocycles. The summed E-state index contributed by atoms with van der Waals surface area (Å²) in [6.45, 7) is 4.86. The van der Waals surface area contributed by atoms with E-state index in [1.807, 2.05) is 25.1 Å². The second-order valence-electron chi connectivity index (χ2n) is 7.00. The Morgan fingerprint density at radius 2 is 2.00 bits per heavy atom. The van der Waals surface area contributed by atoms with E-state index in [0.29, 0.717) is 25.4 Å². The summed E-state index contributed by atoms with van der Waals surface area (Å²) in [5.74, 6) is -0.445. The molecule has 4 N–H and O–H groups in total. The first-order valence-electron chi connectivity index (χ1n) is 9.02. The van der Waals surface area contributed by atoms with Gasteiger partial charge in [-0.05, 0) is 61.2 Å². The predicted molar refractivity (Wildman–Crippen MR) is 114 cm³/mol. The molecule has 0 radical (unpaired) electrons. The van der Waals surface area contributed by atoms with Crippen LogP contribution in [0.3, 0.4) is 0 Å². The third-order valence-corrected chi connectivity index (χ3v) is 4.94. The lowest BCUT2D eigenvalue weighted by atomic mass is 9.86. The molecule has 3 rings (SSSR count). The highest BCUT2D eigenvalue weighted by atomic mass is 35.5. The number of benzene rings is 2. The summed E-state index contributed by atoms with van der Waals surface area (Å²) in [6, 6.07) is 10.6. The maximum Gasteiger partial charge on any atom is 0.143 e. The molecule has 1 aliphatic heterocycles. The van der Waals surface area contributed by atoms with E-state index >= 15 is 0 Å². The number of anilines is 3. The number of aryl methyl sites for hydroxylation is 1. The molecule has 1 fully saturated rings. The minimum absolute atomic E-state index is 0.00311. The number of hydrogen-bond donors (Lipinski definition) is 3. The van der Waals surface area contributed by atoms with Crippen molar-refractivity contribution in [3.63, 3.8) is 0 Å². The van der Waals surface area contributed by atoms with Crippen LogP contribution < -0.4 is 16.4 Å². The molecule has 0 atom stereocenters. The largest absolute Gasteiger partial charge is 0.405 e. The molecule has 0 aromatic heterocycles. The van der Waals surface area contributed by atoms with Gasteiger partial charge in [0.1, 0.15) is 5.82 Å². The van der Waals surface area contributed by atoms with Crippen LogP contribution in [0.2, 0.25) is 5.02 Å². The van der Waals surface area contributed by atoms with Crippen molar-refractivity contribution < 1.29 is 9.13 Å². The molecule has 148 valence electrons. The molecule has 7 heteroatoms. The predicted octanol–water partition coefficient (Wildman–Crippen LogP) is 4.50. The maximum atomic E-state index is 13.6. The van der Waals surface area contributed by atoms with E-state index in [9.17, 15) is 4.39 Å². The van der Waals surface area contributed by atoms with E-state index in [4.69, 9.17) is 22.1 Å². The normalized spacial score (nSPS) is 15.7. The van der Waals surface area contributed by atoms with Crippen LogP contribution in [-0.2, 0) is 4.74 Å². The van der Waals surface area contributed by atoms with Crippen molar-refractivity contribution in [3.05, 3.63) is 65.1 Å². The van der Waals surface area contributed by atoms with Gasteiger partial charge in [-0.2, -0.15) is 0 Å². The number of aliphatic imine (C=N–C) groups is 1. The van der Waals surface area contributed by atoms with Crippen molar-refractivity contribution in [2.45, 2.75) is 6.92 Å². The Labute approximate surface area is 169 Å². The summed E-state index contributed by atoms with van der Waals surface area (Å²) in [5, 5.41) is 6.80. The fourth-order valence-electron chi connectivity index (χ4n) is 2.96. The molecule has 2 aromatic carbocycles. The summed E-state index contributed by atoms with van der Waals surface area (Å²) < 4.78 is 19.0. The highest BCUT2D eigenvalue weighted by molar-refractivity contribution is 6.30. The van der Waals surface area contributed by atoms with Crippen LogP contribution in [0.25, 0.3) is 0 Å². The van der Waals surface area contributed by atoms with E-state index < -0.39 is 5.82 Å². The Kier molecular flexibility index (Phi) is 6.54. The SMILES string of the molecule is Cc1cc(Nc2ccc(Cl)c(F)c2)ccc1NCC1(CN=C/C=C\N)COC1. The second kappa shape index (κ2) is 9.08. The van der Waals surface area contributed by atoms with Gasteiger partial charge in [-0.15, -0.1) is 0 Å². The third-order valence-electron chi connectivity index (χ3n) is 4.63. The smallest absolute Gasteiger partial charge is 0.143 e.